The Bertz CT molecular complexity index is 646. The molecule has 1 amide bonds. The van der Waals surface area contributed by atoms with Gasteiger partial charge in [-0.25, -0.2) is 0 Å². The molecule has 0 saturated heterocycles. The molecule has 1 aromatic carbocycles. The summed E-state index contributed by atoms with van der Waals surface area (Å²) < 4.78 is 1.62. The molecule has 2 rings (SSSR count). The number of carbonyl (C=O) groups excluding carboxylic acids is 1. The molecule has 0 atom stereocenters. The molecule has 0 saturated carbocycles. The highest BCUT2D eigenvalue weighted by atomic mass is 32.1. The molecule has 0 fully saturated rings. The van der Waals surface area contributed by atoms with Crippen molar-refractivity contribution in [2.24, 2.45) is 0 Å². The molecule has 2 N–H and O–H groups in total. The average Bonchev–Trinajstić information content (AvgIpc) is 2.69. The molecule has 2 aromatic rings. The van der Waals surface area contributed by atoms with E-state index in [1.165, 1.54) is 16.9 Å². The molecule has 1 heterocycles. The van der Waals surface area contributed by atoms with Crippen molar-refractivity contribution in [3.63, 3.8) is 0 Å². The van der Waals surface area contributed by atoms with Crippen LogP contribution in [0.15, 0.2) is 23.7 Å². The third-order valence-electron chi connectivity index (χ3n) is 2.94. The highest BCUT2D eigenvalue weighted by molar-refractivity contribution is 7.06. The maximum absolute atomic E-state index is 12.0. The first-order chi connectivity index (χ1) is 8.97. The molecule has 0 bridgehead atoms. The van der Waals surface area contributed by atoms with E-state index in [0.29, 0.717) is 4.80 Å². The van der Waals surface area contributed by atoms with Gasteiger partial charge in [0.15, 0.2) is 4.80 Å². The van der Waals surface area contributed by atoms with E-state index in [1.807, 2.05) is 20.8 Å². The Hall–Kier alpha value is -1.88. The lowest BCUT2D eigenvalue weighted by atomic mass is 10.1. The minimum atomic E-state index is -0.105. The minimum Gasteiger partial charge on any atom is -0.324 e. The van der Waals surface area contributed by atoms with E-state index in [1.54, 1.807) is 16.1 Å². The monoisotopic (exact) mass is 275 g/mol. The Balaban J connectivity index is 2.16. The zero-order valence-electron chi connectivity index (χ0n) is 11.3. The summed E-state index contributed by atoms with van der Waals surface area (Å²) in [6.07, 6.45) is 1.75. The van der Waals surface area contributed by atoms with Crippen LogP contribution in [0.4, 0.5) is 5.69 Å². The molecular formula is C14H17N3OS. The largest absolute Gasteiger partial charge is 0.324 e. The summed E-state index contributed by atoms with van der Waals surface area (Å²) in [5.74, 6) is -0.105. The van der Waals surface area contributed by atoms with Crippen LogP contribution >= 0.6 is 11.3 Å². The summed E-state index contributed by atoms with van der Waals surface area (Å²) in [6, 6.07) is 4.10. The van der Waals surface area contributed by atoms with Crippen molar-refractivity contribution >= 4 is 22.9 Å². The minimum absolute atomic E-state index is 0.105. The van der Waals surface area contributed by atoms with E-state index in [9.17, 15) is 4.79 Å². The number of aryl methyl sites for hydroxylation is 3. The second kappa shape index (κ2) is 5.40. The first-order valence-corrected chi connectivity index (χ1v) is 6.91. The Labute approximate surface area is 116 Å². The summed E-state index contributed by atoms with van der Waals surface area (Å²) in [5, 5.41) is 12.4. The number of anilines is 1. The maximum atomic E-state index is 12.0. The van der Waals surface area contributed by atoms with Crippen LogP contribution in [-0.2, 0) is 11.3 Å². The average molecular weight is 275 g/mol. The van der Waals surface area contributed by atoms with Crippen molar-refractivity contribution < 1.29 is 4.79 Å². The Kier molecular flexibility index (Phi) is 3.85. The molecule has 0 aliphatic carbocycles. The van der Waals surface area contributed by atoms with Crippen LogP contribution in [0, 0.1) is 26.2 Å². The number of benzene rings is 1. The quantitative estimate of drug-likeness (QED) is 0.888. The number of nitrogens with zero attached hydrogens (tertiary/aromatic N) is 1. The number of carbonyl (C=O) groups is 1. The van der Waals surface area contributed by atoms with Gasteiger partial charge in [0.25, 0.3) is 0 Å². The van der Waals surface area contributed by atoms with Gasteiger partial charge >= 0.3 is 0 Å². The van der Waals surface area contributed by atoms with Crippen LogP contribution in [0.5, 0.6) is 0 Å². The van der Waals surface area contributed by atoms with E-state index in [0.717, 1.165) is 16.8 Å². The number of amides is 1. The third kappa shape index (κ3) is 3.12. The second-order valence-electron chi connectivity index (χ2n) is 4.66. The highest BCUT2D eigenvalue weighted by Crippen LogP contribution is 2.21. The summed E-state index contributed by atoms with van der Waals surface area (Å²) in [4.78, 5) is 12.4. The fraction of sp³-hybridized carbons (Fsp3) is 0.286. The van der Waals surface area contributed by atoms with Crippen molar-refractivity contribution in [1.82, 2.24) is 4.57 Å². The molecule has 5 heteroatoms. The molecule has 100 valence electrons. The molecule has 1 aromatic heterocycles. The van der Waals surface area contributed by atoms with E-state index >= 15 is 0 Å². The van der Waals surface area contributed by atoms with Gasteiger partial charge in [-0.05, 0) is 31.9 Å². The fourth-order valence-corrected chi connectivity index (χ4v) is 2.74. The second-order valence-corrected chi connectivity index (χ2v) is 5.55. The van der Waals surface area contributed by atoms with Gasteiger partial charge in [-0.1, -0.05) is 17.7 Å². The van der Waals surface area contributed by atoms with Crippen LogP contribution in [0.25, 0.3) is 0 Å². The molecule has 0 aliphatic rings. The number of hydrogen-bond acceptors (Lipinski definition) is 3. The molecule has 19 heavy (non-hydrogen) atoms. The zero-order valence-corrected chi connectivity index (χ0v) is 12.1. The highest BCUT2D eigenvalue weighted by Gasteiger charge is 2.09. The smallest absolute Gasteiger partial charge is 0.244 e. The predicted octanol–water partition coefficient (Wildman–Crippen LogP) is 2.59. The molecular weight excluding hydrogens is 258 g/mol. The molecule has 4 nitrogen and oxygen atoms in total. The van der Waals surface area contributed by atoms with Crippen LogP contribution in [-0.4, -0.2) is 10.5 Å². The topological polar surface area (TPSA) is 57.9 Å². The first kappa shape index (κ1) is 13.5. The van der Waals surface area contributed by atoms with Crippen LogP contribution in [0.3, 0.4) is 0 Å². The van der Waals surface area contributed by atoms with Gasteiger partial charge in [0.1, 0.15) is 6.54 Å². The Morgan fingerprint density at radius 2 is 1.95 bits per heavy atom. The van der Waals surface area contributed by atoms with Gasteiger partial charge in [0.2, 0.25) is 5.91 Å². The zero-order chi connectivity index (χ0) is 14.0. The number of rotatable bonds is 3. The van der Waals surface area contributed by atoms with Gasteiger partial charge in [-0.15, -0.1) is 11.3 Å². The lowest BCUT2D eigenvalue weighted by molar-refractivity contribution is -0.116. The summed E-state index contributed by atoms with van der Waals surface area (Å²) >= 11 is 1.31. The lowest BCUT2D eigenvalue weighted by Gasteiger charge is -2.13. The van der Waals surface area contributed by atoms with E-state index in [2.05, 4.69) is 17.4 Å². The fourth-order valence-electron chi connectivity index (χ4n) is 2.14. The van der Waals surface area contributed by atoms with Crippen molar-refractivity contribution in [2.45, 2.75) is 27.3 Å². The molecule has 0 spiro atoms. The van der Waals surface area contributed by atoms with Gasteiger partial charge in [-0.2, -0.15) is 0 Å². The number of nitrogens with one attached hydrogen (secondary N) is 2. The predicted molar refractivity (Wildman–Crippen MR) is 77.4 cm³/mol. The van der Waals surface area contributed by atoms with Gasteiger partial charge in [-0.3, -0.25) is 10.2 Å². The first-order valence-electron chi connectivity index (χ1n) is 6.03. The van der Waals surface area contributed by atoms with Crippen LogP contribution in [0.1, 0.15) is 16.7 Å². The third-order valence-corrected chi connectivity index (χ3v) is 3.65. The molecule has 0 unspecified atom stereocenters. The molecule has 0 aliphatic heterocycles. The Morgan fingerprint density at radius 1 is 1.32 bits per heavy atom. The van der Waals surface area contributed by atoms with E-state index < -0.39 is 0 Å². The van der Waals surface area contributed by atoms with Crippen molar-refractivity contribution in [3.05, 3.63) is 45.2 Å². The van der Waals surface area contributed by atoms with Crippen molar-refractivity contribution in [1.29, 1.82) is 5.41 Å². The van der Waals surface area contributed by atoms with Crippen LogP contribution in [0.2, 0.25) is 0 Å². The van der Waals surface area contributed by atoms with Crippen molar-refractivity contribution in [3.8, 4) is 0 Å². The van der Waals surface area contributed by atoms with Gasteiger partial charge in [0, 0.05) is 17.3 Å². The van der Waals surface area contributed by atoms with Crippen molar-refractivity contribution in [2.75, 3.05) is 5.32 Å². The van der Waals surface area contributed by atoms with E-state index in [-0.39, 0.29) is 12.5 Å². The standard InChI is InChI=1S/C14H17N3OS/c1-9-6-10(2)13(11(3)7-9)16-12(18)8-17-4-5-19-14(17)15/h4-7,15H,8H2,1-3H3,(H,16,18). The van der Waals surface area contributed by atoms with E-state index in [4.69, 9.17) is 5.41 Å². The lowest BCUT2D eigenvalue weighted by Crippen LogP contribution is -2.24. The summed E-state index contributed by atoms with van der Waals surface area (Å²) in [5.41, 5.74) is 4.19. The SMILES string of the molecule is Cc1cc(C)c(NC(=O)Cn2ccsc2=N)c(C)c1. The maximum Gasteiger partial charge on any atom is 0.244 e. The number of thiazole rings is 1. The summed E-state index contributed by atoms with van der Waals surface area (Å²) in [7, 11) is 0. The summed E-state index contributed by atoms with van der Waals surface area (Å²) in [6.45, 7) is 6.20. The van der Waals surface area contributed by atoms with Gasteiger partial charge < -0.3 is 9.88 Å². The van der Waals surface area contributed by atoms with Crippen LogP contribution < -0.4 is 10.1 Å². The normalized spacial score (nSPS) is 10.5. The Morgan fingerprint density at radius 3 is 2.47 bits per heavy atom. The van der Waals surface area contributed by atoms with Gasteiger partial charge in [0.05, 0.1) is 0 Å². The number of hydrogen-bond donors (Lipinski definition) is 2. The number of aromatic nitrogens is 1. The molecule has 0 radical (unpaired) electrons.